The molecule has 2 aromatic heterocycles. The Morgan fingerprint density at radius 1 is 0.800 bits per heavy atom. The third-order valence-corrected chi connectivity index (χ3v) is 3.87. The first-order chi connectivity index (χ1) is 12.2. The smallest absolute Gasteiger partial charge is 0.230 e. The first-order valence-corrected chi connectivity index (χ1v) is 8.13. The highest BCUT2D eigenvalue weighted by Gasteiger charge is 2.12. The summed E-state index contributed by atoms with van der Waals surface area (Å²) in [5.74, 6) is 1.86. The number of para-hydroxylation sites is 1. The van der Waals surface area contributed by atoms with Gasteiger partial charge in [-0.25, -0.2) is 4.98 Å². The van der Waals surface area contributed by atoms with E-state index >= 15 is 0 Å². The number of rotatable bonds is 3. The molecule has 4 nitrogen and oxygen atoms in total. The fourth-order valence-corrected chi connectivity index (χ4v) is 2.84. The Labute approximate surface area is 146 Å². The molecule has 25 heavy (non-hydrogen) atoms. The number of ether oxygens (including phenoxy) is 1. The van der Waals surface area contributed by atoms with Crippen LogP contribution in [0.3, 0.4) is 0 Å². The van der Waals surface area contributed by atoms with Crippen LogP contribution in [-0.2, 0) is 0 Å². The van der Waals surface area contributed by atoms with Crippen molar-refractivity contribution < 1.29 is 4.74 Å². The first-order valence-electron chi connectivity index (χ1n) is 8.13. The lowest BCUT2D eigenvalue weighted by Gasteiger charge is -2.11. The van der Waals surface area contributed by atoms with Gasteiger partial charge >= 0.3 is 0 Å². The van der Waals surface area contributed by atoms with Gasteiger partial charge in [-0.15, -0.1) is 0 Å². The van der Waals surface area contributed by atoms with E-state index in [4.69, 9.17) is 4.74 Å². The lowest BCUT2D eigenvalue weighted by atomic mass is 10.1. The molecular formula is C21H17N3O. The van der Waals surface area contributed by atoms with E-state index in [-0.39, 0.29) is 0 Å². The van der Waals surface area contributed by atoms with Gasteiger partial charge in [-0.05, 0) is 61.4 Å². The van der Waals surface area contributed by atoms with Crippen LogP contribution in [0.25, 0.3) is 22.4 Å². The van der Waals surface area contributed by atoms with Crippen molar-refractivity contribution in [2.45, 2.75) is 13.8 Å². The van der Waals surface area contributed by atoms with Crippen molar-refractivity contribution in [1.82, 2.24) is 15.0 Å². The first kappa shape index (κ1) is 15.3. The van der Waals surface area contributed by atoms with Gasteiger partial charge in [-0.2, -0.15) is 4.98 Å². The average molecular weight is 327 g/mol. The lowest BCUT2D eigenvalue weighted by molar-refractivity contribution is 0.468. The van der Waals surface area contributed by atoms with Crippen LogP contribution in [0.4, 0.5) is 0 Å². The molecule has 0 fully saturated rings. The summed E-state index contributed by atoms with van der Waals surface area (Å²) in [6.45, 7) is 4.11. The van der Waals surface area contributed by atoms with Crippen LogP contribution < -0.4 is 4.74 Å². The molecule has 2 aromatic carbocycles. The summed E-state index contributed by atoms with van der Waals surface area (Å²) in [4.78, 5) is 13.6. The van der Waals surface area contributed by atoms with Crippen LogP contribution in [0.2, 0.25) is 0 Å². The number of aryl methyl sites for hydroxylation is 2. The fourth-order valence-electron chi connectivity index (χ4n) is 2.84. The predicted molar refractivity (Wildman–Crippen MR) is 98.8 cm³/mol. The van der Waals surface area contributed by atoms with E-state index in [2.05, 4.69) is 34.9 Å². The summed E-state index contributed by atoms with van der Waals surface area (Å²) in [7, 11) is 0. The summed E-state index contributed by atoms with van der Waals surface area (Å²) < 4.78 is 6.14. The van der Waals surface area contributed by atoms with Gasteiger partial charge in [0.05, 0.1) is 10.9 Å². The SMILES string of the molecule is Cc1cc(C)cc(Oc2nc(-c3ccccn3)nc3ccccc23)c1. The minimum atomic E-state index is 0.538. The maximum absolute atomic E-state index is 6.14. The quantitative estimate of drug-likeness (QED) is 0.525. The van der Waals surface area contributed by atoms with Crippen LogP contribution in [0.15, 0.2) is 66.9 Å². The molecule has 0 aliphatic heterocycles. The van der Waals surface area contributed by atoms with Gasteiger partial charge in [-0.1, -0.05) is 24.3 Å². The summed E-state index contributed by atoms with van der Waals surface area (Å²) in [5, 5.41) is 0.876. The van der Waals surface area contributed by atoms with Gasteiger partial charge in [0.1, 0.15) is 11.4 Å². The molecule has 0 saturated carbocycles. The number of pyridine rings is 1. The number of hydrogen-bond donors (Lipinski definition) is 0. The number of benzene rings is 2. The number of fused-ring (bicyclic) bond motifs is 1. The van der Waals surface area contributed by atoms with Crippen LogP contribution in [0.5, 0.6) is 11.6 Å². The number of nitrogens with zero attached hydrogens (tertiary/aromatic N) is 3. The Hall–Kier alpha value is -3.27. The molecule has 0 amide bonds. The van der Waals surface area contributed by atoms with Crippen LogP contribution in [-0.4, -0.2) is 15.0 Å². The maximum Gasteiger partial charge on any atom is 0.230 e. The summed E-state index contributed by atoms with van der Waals surface area (Å²) in [6, 6.07) is 19.7. The van der Waals surface area contributed by atoms with Gasteiger partial charge in [-0.3, -0.25) is 4.98 Å². The molecule has 4 heteroatoms. The molecule has 0 atom stereocenters. The molecule has 0 aliphatic carbocycles. The molecule has 0 unspecified atom stereocenters. The van der Waals surface area contributed by atoms with E-state index in [9.17, 15) is 0 Å². The van der Waals surface area contributed by atoms with Crippen molar-refractivity contribution in [2.24, 2.45) is 0 Å². The average Bonchev–Trinajstić information content (AvgIpc) is 2.61. The molecule has 4 aromatic rings. The second kappa shape index (κ2) is 6.32. The molecule has 2 heterocycles. The van der Waals surface area contributed by atoms with Gasteiger partial charge in [0.25, 0.3) is 0 Å². The summed E-state index contributed by atoms with van der Waals surface area (Å²) in [5.41, 5.74) is 3.85. The summed E-state index contributed by atoms with van der Waals surface area (Å²) in [6.07, 6.45) is 1.73. The Bertz CT molecular complexity index is 1030. The van der Waals surface area contributed by atoms with Crippen LogP contribution in [0.1, 0.15) is 11.1 Å². The normalized spacial score (nSPS) is 10.8. The molecule has 0 aliphatic rings. The van der Waals surface area contributed by atoms with E-state index in [1.54, 1.807) is 6.20 Å². The summed E-state index contributed by atoms with van der Waals surface area (Å²) >= 11 is 0. The zero-order valence-electron chi connectivity index (χ0n) is 14.1. The highest BCUT2D eigenvalue weighted by atomic mass is 16.5. The molecule has 122 valence electrons. The van der Waals surface area contributed by atoms with Gasteiger partial charge in [0.2, 0.25) is 5.88 Å². The van der Waals surface area contributed by atoms with Crippen molar-refractivity contribution in [2.75, 3.05) is 0 Å². The Balaban J connectivity index is 1.86. The van der Waals surface area contributed by atoms with Gasteiger partial charge < -0.3 is 4.74 Å². The zero-order chi connectivity index (χ0) is 17.2. The molecule has 0 saturated heterocycles. The van der Waals surface area contributed by atoms with Crippen LogP contribution in [0, 0.1) is 13.8 Å². The van der Waals surface area contributed by atoms with Crippen molar-refractivity contribution >= 4 is 10.9 Å². The Morgan fingerprint density at radius 2 is 1.56 bits per heavy atom. The van der Waals surface area contributed by atoms with Crippen molar-refractivity contribution in [3.8, 4) is 23.1 Å². The monoisotopic (exact) mass is 327 g/mol. The fraction of sp³-hybridized carbons (Fsp3) is 0.0952. The van der Waals surface area contributed by atoms with E-state index in [0.717, 1.165) is 33.5 Å². The molecule has 0 spiro atoms. The van der Waals surface area contributed by atoms with E-state index in [0.29, 0.717) is 11.7 Å². The number of aromatic nitrogens is 3. The number of hydrogen-bond acceptors (Lipinski definition) is 4. The zero-order valence-corrected chi connectivity index (χ0v) is 14.1. The second-order valence-corrected chi connectivity index (χ2v) is 6.01. The Morgan fingerprint density at radius 3 is 2.32 bits per heavy atom. The predicted octanol–water partition coefficient (Wildman–Crippen LogP) is 5.10. The molecule has 4 rings (SSSR count). The molecule has 0 N–H and O–H groups in total. The third kappa shape index (κ3) is 3.19. The van der Waals surface area contributed by atoms with Crippen molar-refractivity contribution in [3.05, 3.63) is 78.0 Å². The van der Waals surface area contributed by atoms with Gasteiger partial charge in [0, 0.05) is 6.20 Å². The van der Waals surface area contributed by atoms with Gasteiger partial charge in [0.15, 0.2) is 5.82 Å². The lowest BCUT2D eigenvalue weighted by Crippen LogP contribution is -1.97. The minimum absolute atomic E-state index is 0.538. The minimum Gasteiger partial charge on any atom is -0.438 e. The van der Waals surface area contributed by atoms with E-state index in [1.807, 2.05) is 54.6 Å². The molecule has 0 radical (unpaired) electrons. The third-order valence-electron chi connectivity index (χ3n) is 3.87. The van der Waals surface area contributed by atoms with Crippen molar-refractivity contribution in [3.63, 3.8) is 0 Å². The topological polar surface area (TPSA) is 47.9 Å². The van der Waals surface area contributed by atoms with Crippen LogP contribution >= 0.6 is 0 Å². The Kier molecular flexibility index (Phi) is 3.86. The highest BCUT2D eigenvalue weighted by Crippen LogP contribution is 2.30. The molecular weight excluding hydrogens is 310 g/mol. The largest absolute Gasteiger partial charge is 0.438 e. The maximum atomic E-state index is 6.14. The van der Waals surface area contributed by atoms with E-state index < -0.39 is 0 Å². The standard InChI is InChI=1S/C21H17N3O/c1-14-11-15(2)13-16(12-14)25-21-17-7-3-4-8-18(17)23-20(24-21)19-9-5-6-10-22-19/h3-13H,1-2H3. The highest BCUT2D eigenvalue weighted by molar-refractivity contribution is 5.85. The van der Waals surface area contributed by atoms with E-state index in [1.165, 1.54) is 0 Å². The molecule has 0 bridgehead atoms. The second-order valence-electron chi connectivity index (χ2n) is 6.01. The van der Waals surface area contributed by atoms with Crippen molar-refractivity contribution in [1.29, 1.82) is 0 Å².